The molecule has 4 nitrogen and oxygen atoms in total. The second-order valence-corrected chi connectivity index (χ2v) is 9.45. The quantitative estimate of drug-likeness (QED) is 0.784. The Labute approximate surface area is 111 Å². The average molecular weight is 295 g/mol. The molecular weight excluding hydrogens is 279 g/mol. The second kappa shape index (κ2) is 5.84. The Balaban J connectivity index is 2.64. The van der Waals surface area contributed by atoms with Crippen LogP contribution < -0.4 is 0 Å². The smallest absolute Gasteiger partial charge is 0.360 e. The summed E-state index contributed by atoms with van der Waals surface area (Å²) >= 11 is 0. The van der Waals surface area contributed by atoms with Gasteiger partial charge < -0.3 is 4.74 Å². The molecule has 1 aromatic rings. The number of imidazole rings is 1. The molecule has 0 N–H and O–H groups in total. The zero-order valence-electron chi connectivity index (χ0n) is 11.0. The Morgan fingerprint density at radius 2 is 2.05 bits per heavy atom. The van der Waals surface area contributed by atoms with E-state index >= 15 is 0 Å². The molecule has 0 fully saturated rings. The molecule has 19 heavy (non-hydrogen) atoms. The summed E-state index contributed by atoms with van der Waals surface area (Å²) in [5.41, 5.74) is -1.07. The number of hydrogen-bond donors (Lipinski definition) is 0. The first-order valence-electron chi connectivity index (χ1n) is 5.42. The lowest BCUT2D eigenvalue weighted by Gasteiger charge is -2.24. The Morgan fingerprint density at radius 1 is 1.42 bits per heavy atom. The molecule has 0 bridgehead atoms. The van der Waals surface area contributed by atoms with Crippen LogP contribution in [-0.2, 0) is 17.6 Å². The van der Waals surface area contributed by atoms with E-state index in [-0.39, 0.29) is 12.6 Å². The first-order chi connectivity index (χ1) is 8.63. The maximum absolute atomic E-state index is 12.4. The molecule has 1 aromatic heterocycles. The van der Waals surface area contributed by atoms with Gasteiger partial charge in [-0.1, -0.05) is 0 Å². The van der Waals surface area contributed by atoms with Gasteiger partial charge in [0.1, 0.15) is 12.8 Å². The van der Waals surface area contributed by atoms with Gasteiger partial charge in [0.15, 0.2) is 5.69 Å². The summed E-state index contributed by atoms with van der Waals surface area (Å²) in [6.45, 7) is 0.352. The van der Waals surface area contributed by atoms with E-state index in [1.165, 1.54) is 0 Å². The first kappa shape index (κ1) is 15.9. The lowest BCUT2D eigenvalue weighted by molar-refractivity contribution is -0.141. The normalized spacial score (nSPS) is 13.3. The molecule has 1 rings (SSSR count). The summed E-state index contributed by atoms with van der Waals surface area (Å²) in [4.78, 5) is 3.23. The fraction of sp³-hybridized carbons (Fsp3) is 0.636. The van der Waals surface area contributed by atoms with Crippen molar-refractivity contribution in [2.24, 2.45) is 0 Å². The summed E-state index contributed by atoms with van der Waals surface area (Å²) < 4.78 is 43.7. The van der Waals surface area contributed by atoms with Gasteiger partial charge in [0.05, 0.1) is 6.61 Å². The molecule has 0 aliphatic heterocycles. The van der Waals surface area contributed by atoms with Crippen molar-refractivity contribution in [1.29, 1.82) is 5.26 Å². The van der Waals surface area contributed by atoms with E-state index in [2.05, 4.69) is 23.8 Å². The summed E-state index contributed by atoms with van der Waals surface area (Å²) in [7, 11) is -0.707. The van der Waals surface area contributed by atoms with Crippen LogP contribution in [0.2, 0.25) is 0 Å². The van der Waals surface area contributed by atoms with E-state index in [9.17, 15) is 13.2 Å². The molecule has 0 aliphatic carbocycles. The molecule has 1 heterocycles. The number of aromatic nitrogens is 2. The second-order valence-electron chi connectivity index (χ2n) is 4.86. The highest BCUT2D eigenvalue weighted by Crippen LogP contribution is 2.33. The molecule has 0 saturated heterocycles. The van der Waals surface area contributed by atoms with Crippen molar-refractivity contribution >= 4 is 10.0 Å². The van der Waals surface area contributed by atoms with E-state index in [1.807, 2.05) is 0 Å². The first-order valence-corrected chi connectivity index (χ1v) is 8.44. The van der Waals surface area contributed by atoms with Crippen LogP contribution >= 0.6 is 10.0 Å². The molecule has 0 radical (unpaired) electrons. The van der Waals surface area contributed by atoms with Crippen molar-refractivity contribution in [3.63, 3.8) is 0 Å². The summed E-state index contributed by atoms with van der Waals surface area (Å²) in [5, 5.41) is 8.73. The van der Waals surface area contributed by atoms with Gasteiger partial charge in [-0.05, 0) is 18.8 Å². The average Bonchev–Trinajstić information content (AvgIpc) is 2.66. The van der Waals surface area contributed by atoms with Crippen molar-refractivity contribution in [2.75, 3.05) is 31.1 Å². The molecule has 0 spiro atoms. The monoisotopic (exact) mass is 295 g/mol. The Bertz CT molecular complexity index is 471. The van der Waals surface area contributed by atoms with E-state index in [4.69, 9.17) is 10.00 Å². The molecule has 0 atom stereocenters. The third-order valence-electron chi connectivity index (χ3n) is 2.24. The largest absolute Gasteiger partial charge is 0.434 e. The van der Waals surface area contributed by atoms with E-state index in [1.54, 1.807) is 6.07 Å². The minimum absolute atomic E-state index is 0.0957. The summed E-state index contributed by atoms with van der Waals surface area (Å²) in [6.07, 6.45) is 2.61. The van der Waals surface area contributed by atoms with Crippen LogP contribution in [0.3, 0.4) is 0 Å². The molecule has 108 valence electrons. The van der Waals surface area contributed by atoms with Gasteiger partial charge in [0.2, 0.25) is 5.82 Å². The van der Waals surface area contributed by atoms with Crippen LogP contribution in [0.4, 0.5) is 13.2 Å². The van der Waals surface area contributed by atoms with Crippen LogP contribution in [0.1, 0.15) is 11.5 Å². The number of nitrogens with zero attached hydrogens (tertiary/aromatic N) is 3. The fourth-order valence-electron chi connectivity index (χ4n) is 1.21. The number of hydrogen-bond acceptors (Lipinski definition) is 3. The van der Waals surface area contributed by atoms with E-state index < -0.39 is 21.9 Å². The van der Waals surface area contributed by atoms with Crippen molar-refractivity contribution in [2.45, 2.75) is 12.9 Å². The highest BCUT2D eigenvalue weighted by atomic mass is 32.3. The van der Waals surface area contributed by atoms with Crippen molar-refractivity contribution in [1.82, 2.24) is 9.55 Å². The zero-order valence-corrected chi connectivity index (χ0v) is 11.8. The van der Waals surface area contributed by atoms with Crippen LogP contribution in [0.5, 0.6) is 0 Å². The Kier molecular flexibility index (Phi) is 4.87. The highest BCUT2D eigenvalue weighted by Gasteiger charge is 2.34. The maximum Gasteiger partial charge on any atom is 0.434 e. The fourth-order valence-corrected chi connectivity index (χ4v) is 1.83. The van der Waals surface area contributed by atoms with Gasteiger partial charge >= 0.3 is 6.18 Å². The molecule has 0 aliphatic rings. The maximum atomic E-state index is 12.4. The predicted molar refractivity (Wildman–Crippen MR) is 68.1 cm³/mol. The Morgan fingerprint density at radius 3 is 2.53 bits per heavy atom. The lowest BCUT2D eigenvalue weighted by atomic mass is 10.5. The summed E-state index contributed by atoms with van der Waals surface area (Å²) in [5.74, 6) is 0.561. The molecular formula is C11H16F3N3OS. The third kappa shape index (κ3) is 5.12. The van der Waals surface area contributed by atoms with E-state index in [0.717, 1.165) is 16.5 Å². The zero-order chi connectivity index (χ0) is 14.7. The van der Waals surface area contributed by atoms with Gasteiger partial charge in [-0.2, -0.15) is 18.4 Å². The van der Waals surface area contributed by atoms with E-state index in [0.29, 0.717) is 6.61 Å². The SMILES string of the molecule is CS(C)(C)CCOCn1cc(C(F)(F)F)nc1C#N. The number of ether oxygens (including phenoxy) is 1. The van der Waals surface area contributed by atoms with Crippen LogP contribution in [0.15, 0.2) is 6.20 Å². The van der Waals surface area contributed by atoms with Gasteiger partial charge in [-0.25, -0.2) is 15.0 Å². The minimum Gasteiger partial charge on any atom is -0.360 e. The number of nitriles is 1. The lowest BCUT2D eigenvalue weighted by Crippen LogP contribution is -2.10. The van der Waals surface area contributed by atoms with Gasteiger partial charge in [0, 0.05) is 11.9 Å². The van der Waals surface area contributed by atoms with Crippen LogP contribution in [0, 0.1) is 11.3 Å². The molecule has 0 saturated carbocycles. The van der Waals surface area contributed by atoms with Crippen molar-refractivity contribution < 1.29 is 17.9 Å². The van der Waals surface area contributed by atoms with Crippen molar-refractivity contribution in [3.8, 4) is 6.07 Å². The minimum atomic E-state index is -4.55. The number of alkyl halides is 3. The van der Waals surface area contributed by atoms with Gasteiger partial charge in [-0.3, -0.25) is 4.57 Å². The number of halogens is 3. The summed E-state index contributed by atoms with van der Waals surface area (Å²) in [6, 6.07) is 1.62. The standard InChI is InChI=1S/C11H16F3N3OS/c1-19(2,3)5-4-18-8-17-7-9(11(12,13)14)16-10(17)6-15/h7H,4-5,8H2,1-3H3. The third-order valence-corrected chi connectivity index (χ3v) is 3.63. The van der Waals surface area contributed by atoms with Gasteiger partial charge in [0.25, 0.3) is 0 Å². The number of rotatable bonds is 5. The van der Waals surface area contributed by atoms with Gasteiger partial charge in [-0.15, -0.1) is 0 Å². The molecule has 0 unspecified atom stereocenters. The Hall–Kier alpha value is -1.20. The topological polar surface area (TPSA) is 50.8 Å². The highest BCUT2D eigenvalue weighted by molar-refractivity contribution is 8.32. The molecule has 8 heteroatoms. The van der Waals surface area contributed by atoms with Crippen molar-refractivity contribution in [3.05, 3.63) is 17.7 Å². The predicted octanol–water partition coefficient (Wildman–Crippen LogP) is 2.44. The van der Waals surface area contributed by atoms with Crippen LogP contribution in [0.25, 0.3) is 0 Å². The molecule has 0 amide bonds. The molecule has 0 aromatic carbocycles. The van der Waals surface area contributed by atoms with Crippen LogP contribution in [-0.4, -0.2) is 40.7 Å².